The van der Waals surface area contributed by atoms with Gasteiger partial charge in [0.15, 0.2) is 0 Å². The molecule has 1 heterocycles. The van der Waals surface area contributed by atoms with Gasteiger partial charge in [-0.25, -0.2) is 0 Å². The Kier molecular flexibility index (Phi) is 4.82. The number of hydrogen-bond acceptors (Lipinski definition) is 3. The number of aliphatic hydroxyl groups excluding tert-OH is 1. The minimum atomic E-state index is -0.848. The number of benzene rings is 1. The van der Waals surface area contributed by atoms with Crippen LogP contribution in [0.4, 0.5) is 0 Å². The van der Waals surface area contributed by atoms with E-state index in [2.05, 4.69) is 5.32 Å². The van der Waals surface area contributed by atoms with E-state index in [0.29, 0.717) is 21.2 Å². The molecule has 1 amide bonds. The van der Waals surface area contributed by atoms with Gasteiger partial charge in [0.25, 0.3) is 5.91 Å². The van der Waals surface area contributed by atoms with Gasteiger partial charge in [0.2, 0.25) is 0 Å². The zero-order valence-electron chi connectivity index (χ0n) is 9.77. The van der Waals surface area contributed by atoms with Crippen molar-refractivity contribution in [3.05, 3.63) is 56.2 Å². The smallest absolute Gasteiger partial charge is 0.252 e. The normalized spacial score (nSPS) is 12.2. The Hall–Kier alpha value is -1.07. The van der Waals surface area contributed by atoms with Crippen LogP contribution in [0.1, 0.15) is 22.0 Å². The van der Waals surface area contributed by atoms with Gasteiger partial charge in [0.1, 0.15) is 0 Å². The van der Waals surface area contributed by atoms with Gasteiger partial charge < -0.3 is 10.4 Å². The van der Waals surface area contributed by atoms with Crippen LogP contribution in [0.3, 0.4) is 0 Å². The molecule has 1 aromatic heterocycles. The van der Waals surface area contributed by atoms with Gasteiger partial charge in [-0.15, -0.1) is 0 Å². The van der Waals surface area contributed by atoms with Gasteiger partial charge in [-0.05, 0) is 35.2 Å². The monoisotopic (exact) mass is 315 g/mol. The third kappa shape index (κ3) is 3.94. The number of aliphatic hydroxyl groups is 1. The van der Waals surface area contributed by atoms with Gasteiger partial charge >= 0.3 is 0 Å². The molecule has 1 aromatic carbocycles. The minimum absolute atomic E-state index is 0.103. The average Bonchev–Trinajstić information content (AvgIpc) is 2.88. The van der Waals surface area contributed by atoms with Gasteiger partial charge in [0.05, 0.1) is 6.10 Å². The summed E-state index contributed by atoms with van der Waals surface area (Å²) < 4.78 is 0. The van der Waals surface area contributed by atoms with Crippen molar-refractivity contribution in [2.24, 2.45) is 0 Å². The predicted octanol–water partition coefficient (Wildman–Crippen LogP) is 3.52. The molecular formula is C13H11Cl2NO2S. The van der Waals surface area contributed by atoms with Crippen LogP contribution in [-0.4, -0.2) is 17.6 Å². The second-order valence-corrected chi connectivity index (χ2v) is 5.59. The third-order valence-electron chi connectivity index (χ3n) is 2.51. The van der Waals surface area contributed by atoms with Gasteiger partial charge in [0, 0.05) is 27.5 Å². The molecule has 0 radical (unpaired) electrons. The number of nitrogens with one attached hydrogen (secondary N) is 1. The van der Waals surface area contributed by atoms with E-state index in [1.54, 1.807) is 29.6 Å². The molecule has 19 heavy (non-hydrogen) atoms. The first-order chi connectivity index (χ1) is 9.06. The fraction of sp³-hybridized carbons (Fsp3) is 0.154. The second-order valence-electron chi connectivity index (χ2n) is 3.94. The lowest BCUT2D eigenvalue weighted by Gasteiger charge is -2.12. The minimum Gasteiger partial charge on any atom is -0.387 e. The highest BCUT2D eigenvalue weighted by molar-refractivity contribution is 7.08. The summed E-state index contributed by atoms with van der Waals surface area (Å²) in [7, 11) is 0. The molecule has 0 fully saturated rings. The van der Waals surface area contributed by atoms with E-state index in [0.717, 1.165) is 0 Å². The van der Waals surface area contributed by atoms with Crippen molar-refractivity contribution in [1.82, 2.24) is 5.32 Å². The largest absolute Gasteiger partial charge is 0.387 e. The molecule has 0 aliphatic heterocycles. The number of thiophene rings is 1. The summed E-state index contributed by atoms with van der Waals surface area (Å²) in [6, 6.07) is 6.55. The Morgan fingerprint density at radius 3 is 2.58 bits per heavy atom. The molecule has 1 unspecified atom stereocenters. The van der Waals surface area contributed by atoms with E-state index in [1.165, 1.54) is 11.3 Å². The van der Waals surface area contributed by atoms with E-state index in [9.17, 15) is 9.90 Å². The van der Waals surface area contributed by atoms with Gasteiger partial charge in [-0.1, -0.05) is 23.2 Å². The van der Waals surface area contributed by atoms with Crippen LogP contribution in [0.25, 0.3) is 0 Å². The van der Waals surface area contributed by atoms with E-state index in [-0.39, 0.29) is 12.5 Å². The van der Waals surface area contributed by atoms with Crippen molar-refractivity contribution in [3.63, 3.8) is 0 Å². The lowest BCUT2D eigenvalue weighted by molar-refractivity contribution is 0.0917. The first-order valence-corrected chi connectivity index (χ1v) is 7.20. The second kappa shape index (κ2) is 6.39. The first kappa shape index (κ1) is 14.3. The molecule has 2 N–H and O–H groups in total. The van der Waals surface area contributed by atoms with E-state index < -0.39 is 6.10 Å². The summed E-state index contributed by atoms with van der Waals surface area (Å²) in [5, 5.41) is 17.1. The van der Waals surface area contributed by atoms with E-state index >= 15 is 0 Å². The topological polar surface area (TPSA) is 49.3 Å². The Morgan fingerprint density at radius 2 is 2.00 bits per heavy atom. The van der Waals surface area contributed by atoms with Crippen LogP contribution in [0.15, 0.2) is 35.0 Å². The van der Waals surface area contributed by atoms with Crippen LogP contribution in [0, 0.1) is 0 Å². The summed E-state index contributed by atoms with van der Waals surface area (Å²) in [6.07, 6.45) is -0.848. The van der Waals surface area contributed by atoms with Gasteiger partial charge in [-0.3, -0.25) is 4.79 Å². The first-order valence-electron chi connectivity index (χ1n) is 5.50. The number of rotatable bonds is 4. The summed E-state index contributed by atoms with van der Waals surface area (Å²) in [5.74, 6) is -0.214. The Balaban J connectivity index is 1.97. The van der Waals surface area contributed by atoms with Crippen LogP contribution >= 0.6 is 34.5 Å². The third-order valence-corrected chi connectivity index (χ3v) is 3.63. The Labute approximate surface area is 124 Å². The molecule has 1 atom stereocenters. The average molecular weight is 316 g/mol. The summed E-state index contributed by atoms with van der Waals surface area (Å²) in [6.45, 7) is 0.103. The van der Waals surface area contributed by atoms with E-state index in [1.807, 2.05) is 5.38 Å². The number of carbonyl (C=O) groups excluding carboxylic acids is 1. The maximum Gasteiger partial charge on any atom is 0.252 e. The summed E-state index contributed by atoms with van der Waals surface area (Å²) in [5.41, 5.74) is 1.16. The lowest BCUT2D eigenvalue weighted by atomic mass is 10.1. The van der Waals surface area contributed by atoms with Crippen molar-refractivity contribution in [3.8, 4) is 0 Å². The highest BCUT2D eigenvalue weighted by Gasteiger charge is 2.12. The maximum atomic E-state index is 11.7. The number of halogens is 2. The molecule has 2 aromatic rings. The Bertz CT molecular complexity index is 552. The molecule has 0 saturated heterocycles. The molecular weight excluding hydrogens is 305 g/mol. The van der Waals surface area contributed by atoms with Crippen molar-refractivity contribution in [1.29, 1.82) is 0 Å². The van der Waals surface area contributed by atoms with Crippen LogP contribution in [0.5, 0.6) is 0 Å². The molecule has 0 aliphatic rings. The van der Waals surface area contributed by atoms with Crippen LogP contribution < -0.4 is 5.32 Å². The molecule has 6 heteroatoms. The van der Waals surface area contributed by atoms with Crippen molar-refractivity contribution in [2.45, 2.75) is 6.10 Å². The van der Waals surface area contributed by atoms with E-state index in [4.69, 9.17) is 23.2 Å². The van der Waals surface area contributed by atoms with Crippen LogP contribution in [-0.2, 0) is 0 Å². The number of amides is 1. The summed E-state index contributed by atoms with van der Waals surface area (Å²) >= 11 is 13.2. The molecule has 0 spiro atoms. The number of carbonyl (C=O) groups is 1. The van der Waals surface area contributed by atoms with Gasteiger partial charge in [-0.2, -0.15) is 11.3 Å². The van der Waals surface area contributed by atoms with Crippen LogP contribution in [0.2, 0.25) is 10.0 Å². The zero-order valence-corrected chi connectivity index (χ0v) is 12.1. The highest BCUT2D eigenvalue weighted by atomic mass is 35.5. The summed E-state index contributed by atoms with van der Waals surface area (Å²) in [4.78, 5) is 11.7. The fourth-order valence-electron chi connectivity index (χ4n) is 1.57. The molecule has 0 saturated carbocycles. The number of hydrogen-bond donors (Lipinski definition) is 2. The molecule has 100 valence electrons. The standard InChI is InChI=1S/C13H11Cl2NO2S/c14-10-3-9(4-11(15)5-10)12(17)6-16-13(18)8-1-2-19-7-8/h1-5,7,12,17H,6H2,(H,16,18). The van der Waals surface area contributed by atoms with Crippen molar-refractivity contribution in [2.75, 3.05) is 6.54 Å². The molecule has 0 bridgehead atoms. The molecule has 2 rings (SSSR count). The molecule has 3 nitrogen and oxygen atoms in total. The molecule has 0 aliphatic carbocycles. The maximum absolute atomic E-state index is 11.7. The SMILES string of the molecule is O=C(NCC(O)c1cc(Cl)cc(Cl)c1)c1ccsc1. The van der Waals surface area contributed by atoms with Crippen molar-refractivity contribution >= 4 is 40.4 Å². The Morgan fingerprint density at radius 1 is 1.32 bits per heavy atom. The van der Waals surface area contributed by atoms with Crippen molar-refractivity contribution < 1.29 is 9.90 Å². The highest BCUT2D eigenvalue weighted by Crippen LogP contribution is 2.23. The quantitative estimate of drug-likeness (QED) is 0.907. The lowest BCUT2D eigenvalue weighted by Crippen LogP contribution is -2.28. The predicted molar refractivity (Wildman–Crippen MR) is 78.1 cm³/mol. The fourth-order valence-corrected chi connectivity index (χ4v) is 2.75. The zero-order chi connectivity index (χ0) is 13.8.